The average molecular weight is 556 g/mol. The van der Waals surface area contributed by atoms with Gasteiger partial charge in [0, 0.05) is 52.2 Å². The molecule has 2 aromatic carbocycles. The van der Waals surface area contributed by atoms with E-state index in [0.29, 0.717) is 11.2 Å². The summed E-state index contributed by atoms with van der Waals surface area (Å²) < 4.78 is 2.40. The number of nitro benzene ring substituents is 1. The fourth-order valence-electron chi connectivity index (χ4n) is 5.63. The standard InChI is InChI=1S/C30H29N5O2S2/c36-35(37)24-11-15-26(16-12-24)39-25-13-9-23(10-14-25)34-29(28(32-30(34)38)27-8-4-5-18-31-27)21-17-19-33(20-21)22-6-2-1-3-7-22/h4-5,8-20,22,28-29H,1-3,6-7H2,(H,32,38). The van der Waals surface area contributed by atoms with Crippen LogP contribution in [-0.2, 0) is 0 Å². The van der Waals surface area contributed by atoms with Gasteiger partial charge in [-0.05, 0) is 85.2 Å². The number of benzene rings is 2. The molecule has 3 heterocycles. The highest BCUT2D eigenvalue weighted by atomic mass is 32.2. The highest BCUT2D eigenvalue weighted by Gasteiger charge is 2.41. The Kier molecular flexibility index (Phi) is 7.34. The third kappa shape index (κ3) is 5.42. The molecule has 1 saturated heterocycles. The van der Waals surface area contributed by atoms with E-state index in [9.17, 15) is 10.1 Å². The van der Waals surface area contributed by atoms with Crippen LogP contribution in [0.15, 0.2) is 101 Å². The molecule has 198 valence electrons. The number of hydrogen-bond acceptors (Lipinski definition) is 5. The molecule has 2 unspecified atom stereocenters. The second-order valence-electron chi connectivity index (χ2n) is 10.0. The largest absolute Gasteiger partial charge is 0.351 e. The van der Waals surface area contributed by atoms with Gasteiger partial charge in [0.2, 0.25) is 0 Å². The minimum Gasteiger partial charge on any atom is -0.351 e. The van der Waals surface area contributed by atoms with Gasteiger partial charge in [-0.25, -0.2) is 0 Å². The van der Waals surface area contributed by atoms with Crippen molar-refractivity contribution in [1.82, 2.24) is 14.9 Å². The van der Waals surface area contributed by atoms with Crippen LogP contribution in [0.25, 0.3) is 0 Å². The van der Waals surface area contributed by atoms with Crippen molar-refractivity contribution in [3.05, 3.63) is 113 Å². The summed E-state index contributed by atoms with van der Waals surface area (Å²) in [6.45, 7) is 0. The van der Waals surface area contributed by atoms with E-state index >= 15 is 0 Å². The number of nitrogens with one attached hydrogen (secondary N) is 1. The monoisotopic (exact) mass is 555 g/mol. The van der Waals surface area contributed by atoms with Crippen LogP contribution in [0.1, 0.15) is 61.5 Å². The average Bonchev–Trinajstić information content (AvgIpc) is 3.59. The predicted octanol–water partition coefficient (Wildman–Crippen LogP) is 7.62. The number of non-ortho nitro benzene ring substituents is 1. The lowest BCUT2D eigenvalue weighted by Gasteiger charge is -2.28. The van der Waals surface area contributed by atoms with Gasteiger partial charge < -0.3 is 14.8 Å². The molecule has 6 rings (SSSR count). The first-order valence-electron chi connectivity index (χ1n) is 13.3. The van der Waals surface area contributed by atoms with Crippen molar-refractivity contribution in [2.45, 2.75) is 60.0 Å². The van der Waals surface area contributed by atoms with E-state index in [-0.39, 0.29) is 22.7 Å². The number of thiocarbonyl (C=S) groups is 1. The smallest absolute Gasteiger partial charge is 0.269 e. The molecular weight excluding hydrogens is 526 g/mol. The van der Waals surface area contributed by atoms with Crippen LogP contribution in [0, 0.1) is 10.1 Å². The third-order valence-electron chi connectivity index (χ3n) is 7.57. The zero-order chi connectivity index (χ0) is 26.8. The SMILES string of the molecule is O=[N+]([O-])c1ccc(Sc2ccc(N3C(=S)NC(c4ccccn4)C3c3ccn(C4CCCCC4)c3)cc2)cc1. The van der Waals surface area contributed by atoms with E-state index in [1.165, 1.54) is 49.8 Å². The molecule has 2 fully saturated rings. The van der Waals surface area contributed by atoms with Crippen LogP contribution < -0.4 is 10.2 Å². The van der Waals surface area contributed by atoms with E-state index in [4.69, 9.17) is 12.2 Å². The van der Waals surface area contributed by atoms with Crippen LogP contribution in [0.5, 0.6) is 0 Å². The molecule has 0 spiro atoms. The molecule has 2 aromatic heterocycles. The summed E-state index contributed by atoms with van der Waals surface area (Å²) in [6.07, 6.45) is 12.7. The lowest BCUT2D eigenvalue weighted by Crippen LogP contribution is -2.29. The van der Waals surface area contributed by atoms with Crippen molar-refractivity contribution in [3.63, 3.8) is 0 Å². The molecule has 4 aromatic rings. The Morgan fingerprint density at radius 3 is 2.33 bits per heavy atom. The van der Waals surface area contributed by atoms with Crippen LogP contribution >= 0.6 is 24.0 Å². The van der Waals surface area contributed by atoms with Crippen LogP contribution in [0.2, 0.25) is 0 Å². The van der Waals surface area contributed by atoms with Gasteiger partial charge in [-0.3, -0.25) is 15.1 Å². The summed E-state index contributed by atoms with van der Waals surface area (Å²) in [7, 11) is 0. The summed E-state index contributed by atoms with van der Waals surface area (Å²) in [5.74, 6) is 0. The van der Waals surface area contributed by atoms with Gasteiger partial charge >= 0.3 is 0 Å². The lowest BCUT2D eigenvalue weighted by molar-refractivity contribution is -0.384. The van der Waals surface area contributed by atoms with Gasteiger partial charge in [-0.2, -0.15) is 0 Å². The minimum absolute atomic E-state index is 0.0367. The number of nitrogens with zero attached hydrogens (tertiary/aromatic N) is 4. The van der Waals surface area contributed by atoms with Crippen molar-refractivity contribution >= 4 is 40.5 Å². The van der Waals surface area contributed by atoms with E-state index in [1.54, 1.807) is 23.9 Å². The first kappa shape index (κ1) is 25.6. The van der Waals surface area contributed by atoms with Gasteiger partial charge in [0.15, 0.2) is 5.11 Å². The summed E-state index contributed by atoms with van der Waals surface area (Å²) in [5, 5.41) is 15.2. The zero-order valence-electron chi connectivity index (χ0n) is 21.3. The summed E-state index contributed by atoms with van der Waals surface area (Å²) >= 11 is 7.47. The predicted molar refractivity (Wildman–Crippen MR) is 158 cm³/mol. The molecule has 2 atom stereocenters. The van der Waals surface area contributed by atoms with Crippen LogP contribution in [0.3, 0.4) is 0 Å². The highest BCUT2D eigenvalue weighted by molar-refractivity contribution is 7.99. The van der Waals surface area contributed by atoms with E-state index in [0.717, 1.165) is 21.2 Å². The highest BCUT2D eigenvalue weighted by Crippen LogP contribution is 2.43. The number of pyridine rings is 1. The quantitative estimate of drug-likeness (QED) is 0.143. The molecule has 1 aliphatic carbocycles. The van der Waals surface area contributed by atoms with Gasteiger partial charge in [0.1, 0.15) is 0 Å². The van der Waals surface area contributed by atoms with E-state index in [2.05, 4.69) is 68.6 Å². The molecule has 1 saturated carbocycles. The van der Waals surface area contributed by atoms with E-state index in [1.807, 2.05) is 18.3 Å². The Labute approximate surface area is 237 Å². The Hall–Kier alpha value is -3.69. The number of rotatable bonds is 7. The molecular formula is C30H29N5O2S2. The molecule has 7 nitrogen and oxygen atoms in total. The maximum absolute atomic E-state index is 11.0. The molecule has 0 radical (unpaired) electrons. The van der Waals surface area contributed by atoms with Gasteiger partial charge in [-0.1, -0.05) is 37.1 Å². The Bertz CT molecular complexity index is 1450. The summed E-state index contributed by atoms with van der Waals surface area (Å²) in [6, 6.07) is 23.6. The molecule has 39 heavy (non-hydrogen) atoms. The number of aromatic nitrogens is 2. The molecule has 2 aliphatic rings. The fourth-order valence-corrected chi connectivity index (χ4v) is 6.79. The molecule has 0 bridgehead atoms. The number of anilines is 1. The Balaban J connectivity index is 1.29. The third-order valence-corrected chi connectivity index (χ3v) is 8.90. The molecule has 9 heteroatoms. The maximum atomic E-state index is 11.0. The summed E-state index contributed by atoms with van der Waals surface area (Å²) in [5.41, 5.74) is 3.28. The first-order chi connectivity index (χ1) is 19.1. The molecule has 0 amide bonds. The molecule has 1 aliphatic heterocycles. The maximum Gasteiger partial charge on any atom is 0.269 e. The fraction of sp³-hybridized carbons (Fsp3) is 0.267. The van der Waals surface area contributed by atoms with Crippen molar-refractivity contribution in [1.29, 1.82) is 0 Å². The van der Waals surface area contributed by atoms with Crippen molar-refractivity contribution in [2.75, 3.05) is 4.90 Å². The topological polar surface area (TPSA) is 76.2 Å². The van der Waals surface area contributed by atoms with Gasteiger partial charge in [0.05, 0.1) is 22.7 Å². The Morgan fingerprint density at radius 1 is 0.949 bits per heavy atom. The van der Waals surface area contributed by atoms with Crippen molar-refractivity contribution < 1.29 is 4.92 Å². The van der Waals surface area contributed by atoms with Crippen molar-refractivity contribution in [2.24, 2.45) is 0 Å². The van der Waals surface area contributed by atoms with Crippen molar-refractivity contribution in [3.8, 4) is 0 Å². The van der Waals surface area contributed by atoms with Crippen LogP contribution in [-0.4, -0.2) is 19.6 Å². The Morgan fingerprint density at radius 2 is 1.67 bits per heavy atom. The minimum atomic E-state index is -0.381. The van der Waals surface area contributed by atoms with Gasteiger partial charge in [0.25, 0.3) is 5.69 Å². The molecule has 1 N–H and O–H groups in total. The zero-order valence-corrected chi connectivity index (χ0v) is 23.0. The van der Waals surface area contributed by atoms with E-state index < -0.39 is 0 Å². The second-order valence-corrected chi connectivity index (χ2v) is 11.6. The summed E-state index contributed by atoms with van der Waals surface area (Å²) in [4.78, 5) is 19.5. The lowest BCUT2D eigenvalue weighted by atomic mass is 9.95. The second kappa shape index (κ2) is 11.2. The van der Waals surface area contributed by atoms with Crippen LogP contribution in [0.4, 0.5) is 11.4 Å². The van der Waals surface area contributed by atoms with Gasteiger partial charge in [-0.15, -0.1) is 0 Å². The first-order valence-corrected chi connectivity index (χ1v) is 14.5. The number of nitro groups is 1. The normalized spacial score (nSPS) is 19.7. The number of hydrogen-bond donors (Lipinski definition) is 1.